The normalized spacial score (nSPS) is 13.2. The van der Waals surface area contributed by atoms with Gasteiger partial charge in [-0.3, -0.25) is 0 Å². The Labute approximate surface area is 305 Å². The van der Waals surface area contributed by atoms with E-state index in [0.29, 0.717) is 17.5 Å². The van der Waals surface area contributed by atoms with Crippen molar-refractivity contribution >= 4 is 43.7 Å². The molecule has 3 aromatic heterocycles. The lowest BCUT2D eigenvalue weighted by molar-refractivity contribution is 0.660. The van der Waals surface area contributed by atoms with Crippen molar-refractivity contribution in [3.63, 3.8) is 0 Å². The van der Waals surface area contributed by atoms with Gasteiger partial charge in [-0.25, -0.2) is 15.0 Å². The maximum atomic E-state index is 6.89. The minimum Gasteiger partial charge on any atom is -0.454 e. The molecule has 250 valence electrons. The van der Waals surface area contributed by atoms with Crippen LogP contribution in [0, 0.1) is 0 Å². The second-order valence-electron chi connectivity index (χ2n) is 14.4. The van der Waals surface area contributed by atoms with Gasteiger partial charge in [0.1, 0.15) is 5.58 Å². The zero-order valence-corrected chi connectivity index (χ0v) is 29.2. The monoisotopic (exact) mass is 680 g/mol. The molecule has 0 saturated carbocycles. The molecule has 1 aliphatic rings. The molecule has 53 heavy (non-hydrogen) atoms. The second-order valence-corrected chi connectivity index (χ2v) is 14.4. The van der Waals surface area contributed by atoms with Crippen molar-refractivity contribution in [2.75, 3.05) is 0 Å². The Morgan fingerprint density at radius 3 is 1.85 bits per heavy atom. The Balaban J connectivity index is 1.21. The lowest BCUT2D eigenvalue weighted by atomic mass is 9.82. The average molecular weight is 681 g/mol. The molecule has 10 aromatic rings. The lowest BCUT2D eigenvalue weighted by Crippen LogP contribution is -2.15. The van der Waals surface area contributed by atoms with Crippen molar-refractivity contribution in [3.05, 3.63) is 169 Å². The number of para-hydroxylation sites is 2. The van der Waals surface area contributed by atoms with Crippen molar-refractivity contribution in [3.8, 4) is 51.0 Å². The van der Waals surface area contributed by atoms with Gasteiger partial charge in [-0.1, -0.05) is 135 Å². The molecule has 11 rings (SSSR count). The number of hydrogen-bond donors (Lipinski definition) is 0. The van der Waals surface area contributed by atoms with Crippen LogP contribution < -0.4 is 0 Å². The third kappa shape index (κ3) is 4.34. The first-order chi connectivity index (χ1) is 26.0. The molecule has 0 spiro atoms. The smallest absolute Gasteiger partial charge is 0.164 e. The SMILES string of the molecule is CC1(C)c2ccccc2-c2cc3c4ccccc4n(-c4ccc(-c5nc(-c6ccccc6)nc(-c6ccccc6)n5)c5c4oc4ccccc45)c3cc21. The summed E-state index contributed by atoms with van der Waals surface area (Å²) < 4.78 is 9.28. The topological polar surface area (TPSA) is 56.7 Å². The third-order valence-electron chi connectivity index (χ3n) is 11.1. The molecule has 7 aromatic carbocycles. The highest BCUT2D eigenvalue weighted by molar-refractivity contribution is 6.17. The maximum Gasteiger partial charge on any atom is 0.164 e. The Kier molecular flexibility index (Phi) is 6.23. The van der Waals surface area contributed by atoms with Gasteiger partial charge in [0.2, 0.25) is 0 Å². The van der Waals surface area contributed by atoms with Gasteiger partial charge < -0.3 is 8.98 Å². The number of fused-ring (bicyclic) bond motifs is 9. The molecule has 0 N–H and O–H groups in total. The molecule has 0 unspecified atom stereocenters. The Bertz CT molecular complexity index is 3020. The van der Waals surface area contributed by atoms with Crippen LogP contribution in [0.2, 0.25) is 0 Å². The number of nitrogens with zero attached hydrogens (tertiary/aromatic N) is 4. The predicted octanol–water partition coefficient (Wildman–Crippen LogP) is 12.2. The summed E-state index contributed by atoms with van der Waals surface area (Å²) in [7, 11) is 0. The molecule has 0 fully saturated rings. The zero-order chi connectivity index (χ0) is 35.3. The standard InChI is InChI=1S/C48H32N4O/c1-48(2)37-22-12-9-19-31(37)35-27-36-32-20-10-13-23-39(32)52(41(36)28-38(35)48)40-26-25-34(43-33-21-11-14-24-42(33)53-44(40)43)47-50-45(29-15-5-3-6-16-29)49-46(51-47)30-17-7-4-8-18-30/h3-28H,1-2H3. The molecule has 5 nitrogen and oxygen atoms in total. The summed E-state index contributed by atoms with van der Waals surface area (Å²) in [6.07, 6.45) is 0. The minimum absolute atomic E-state index is 0.133. The Morgan fingerprint density at radius 2 is 1.09 bits per heavy atom. The van der Waals surface area contributed by atoms with Crippen LogP contribution in [0.25, 0.3) is 94.7 Å². The van der Waals surface area contributed by atoms with Crippen molar-refractivity contribution in [2.45, 2.75) is 19.3 Å². The number of furan rings is 1. The summed E-state index contributed by atoms with van der Waals surface area (Å²) in [4.78, 5) is 15.2. The van der Waals surface area contributed by atoms with Crippen LogP contribution in [0.3, 0.4) is 0 Å². The van der Waals surface area contributed by atoms with E-state index in [-0.39, 0.29) is 5.41 Å². The molecular weight excluding hydrogens is 649 g/mol. The van der Waals surface area contributed by atoms with Crippen molar-refractivity contribution in [1.82, 2.24) is 19.5 Å². The molecule has 0 bridgehead atoms. The Morgan fingerprint density at radius 1 is 0.472 bits per heavy atom. The fraction of sp³-hybridized carbons (Fsp3) is 0.0625. The molecule has 3 heterocycles. The molecular formula is C48H32N4O. The van der Waals surface area contributed by atoms with E-state index >= 15 is 0 Å². The van der Waals surface area contributed by atoms with E-state index in [4.69, 9.17) is 19.4 Å². The third-order valence-corrected chi connectivity index (χ3v) is 11.1. The van der Waals surface area contributed by atoms with Crippen LogP contribution in [-0.2, 0) is 5.41 Å². The van der Waals surface area contributed by atoms with Crippen LogP contribution in [-0.4, -0.2) is 19.5 Å². The molecule has 0 aliphatic heterocycles. The number of hydrogen-bond acceptors (Lipinski definition) is 4. The van der Waals surface area contributed by atoms with E-state index < -0.39 is 0 Å². The summed E-state index contributed by atoms with van der Waals surface area (Å²) >= 11 is 0. The minimum atomic E-state index is -0.133. The summed E-state index contributed by atoms with van der Waals surface area (Å²) in [5.41, 5.74) is 12.8. The molecule has 0 amide bonds. The number of benzene rings is 7. The Hall–Kier alpha value is -6.85. The summed E-state index contributed by atoms with van der Waals surface area (Å²) in [6.45, 7) is 4.68. The van der Waals surface area contributed by atoms with Gasteiger partial charge in [-0.15, -0.1) is 0 Å². The van der Waals surface area contributed by atoms with Crippen LogP contribution in [0.1, 0.15) is 25.0 Å². The van der Waals surface area contributed by atoms with Gasteiger partial charge in [0, 0.05) is 43.7 Å². The number of rotatable bonds is 4. The first-order valence-corrected chi connectivity index (χ1v) is 18.0. The highest BCUT2D eigenvalue weighted by atomic mass is 16.3. The predicted molar refractivity (Wildman–Crippen MR) is 215 cm³/mol. The summed E-state index contributed by atoms with van der Waals surface area (Å²) in [5, 5.41) is 4.42. The van der Waals surface area contributed by atoms with Crippen molar-refractivity contribution in [2.24, 2.45) is 0 Å². The molecule has 0 saturated heterocycles. The maximum absolute atomic E-state index is 6.89. The first-order valence-electron chi connectivity index (χ1n) is 18.0. The fourth-order valence-electron chi connectivity index (χ4n) is 8.53. The van der Waals surface area contributed by atoms with Gasteiger partial charge in [0.15, 0.2) is 23.1 Å². The largest absolute Gasteiger partial charge is 0.454 e. The van der Waals surface area contributed by atoms with Gasteiger partial charge in [0.25, 0.3) is 0 Å². The quantitative estimate of drug-likeness (QED) is 0.186. The van der Waals surface area contributed by atoms with E-state index in [1.807, 2.05) is 72.8 Å². The lowest BCUT2D eigenvalue weighted by Gasteiger charge is -2.21. The summed E-state index contributed by atoms with van der Waals surface area (Å²) in [6, 6.07) is 55.2. The second kappa shape index (κ2) is 11.1. The molecule has 5 heteroatoms. The molecule has 0 atom stereocenters. The fourth-order valence-corrected chi connectivity index (χ4v) is 8.53. The molecule has 1 aliphatic carbocycles. The molecule has 0 radical (unpaired) electrons. The van der Waals surface area contributed by atoms with Crippen LogP contribution >= 0.6 is 0 Å². The van der Waals surface area contributed by atoms with E-state index in [2.05, 4.69) is 103 Å². The van der Waals surface area contributed by atoms with Gasteiger partial charge in [-0.05, 0) is 58.7 Å². The average Bonchev–Trinajstić information content (AvgIpc) is 3.83. The van der Waals surface area contributed by atoms with Crippen molar-refractivity contribution in [1.29, 1.82) is 0 Å². The summed E-state index contributed by atoms with van der Waals surface area (Å²) in [5.74, 6) is 1.85. The highest BCUT2D eigenvalue weighted by Gasteiger charge is 2.36. The van der Waals surface area contributed by atoms with Crippen LogP contribution in [0.15, 0.2) is 162 Å². The van der Waals surface area contributed by atoms with E-state index in [1.54, 1.807) is 0 Å². The first kappa shape index (κ1) is 29.8. The van der Waals surface area contributed by atoms with Gasteiger partial charge in [-0.2, -0.15) is 0 Å². The van der Waals surface area contributed by atoms with Crippen LogP contribution in [0.5, 0.6) is 0 Å². The van der Waals surface area contributed by atoms with E-state index in [1.165, 1.54) is 33.0 Å². The van der Waals surface area contributed by atoms with E-state index in [0.717, 1.165) is 55.3 Å². The van der Waals surface area contributed by atoms with E-state index in [9.17, 15) is 0 Å². The zero-order valence-electron chi connectivity index (χ0n) is 29.2. The number of aromatic nitrogens is 4. The highest BCUT2D eigenvalue weighted by Crippen LogP contribution is 2.51. The van der Waals surface area contributed by atoms with Gasteiger partial charge >= 0.3 is 0 Å². The van der Waals surface area contributed by atoms with Crippen LogP contribution in [0.4, 0.5) is 0 Å². The van der Waals surface area contributed by atoms with Gasteiger partial charge in [0.05, 0.1) is 16.7 Å². The van der Waals surface area contributed by atoms with Crippen molar-refractivity contribution < 1.29 is 4.42 Å².